The maximum absolute atomic E-state index is 10.7. The highest BCUT2D eigenvalue weighted by molar-refractivity contribution is 6.31. The Bertz CT molecular complexity index is 436. The highest BCUT2D eigenvalue weighted by Gasteiger charge is 2.21. The van der Waals surface area contributed by atoms with E-state index in [1.165, 1.54) is 18.2 Å². The third-order valence-corrected chi connectivity index (χ3v) is 2.39. The van der Waals surface area contributed by atoms with Gasteiger partial charge in [0.1, 0.15) is 6.04 Å². The fourth-order valence-corrected chi connectivity index (χ4v) is 1.47. The van der Waals surface area contributed by atoms with Crippen LogP contribution in [0.2, 0.25) is 5.02 Å². The second-order valence-electron chi connectivity index (χ2n) is 3.14. The zero-order chi connectivity index (χ0) is 12.3. The molecule has 0 aliphatic carbocycles. The zero-order valence-corrected chi connectivity index (χ0v) is 8.85. The van der Waals surface area contributed by atoms with E-state index in [2.05, 4.69) is 0 Å². The number of nitro benzene ring substituents is 1. The Morgan fingerprint density at radius 2 is 2.25 bits per heavy atom. The molecule has 0 aliphatic rings. The summed E-state index contributed by atoms with van der Waals surface area (Å²) in [6.07, 6.45) is -0.175. The molecule has 86 valence electrons. The highest BCUT2D eigenvalue weighted by atomic mass is 35.5. The van der Waals surface area contributed by atoms with Crippen LogP contribution in [0.5, 0.6) is 0 Å². The number of nitrogens with zero attached hydrogens (tertiary/aromatic N) is 1. The topological polar surface area (TPSA) is 106 Å². The number of halogens is 1. The summed E-state index contributed by atoms with van der Waals surface area (Å²) in [5.41, 5.74) is 5.23. The summed E-state index contributed by atoms with van der Waals surface area (Å²) < 4.78 is 0. The van der Waals surface area contributed by atoms with Crippen molar-refractivity contribution < 1.29 is 14.8 Å². The lowest BCUT2D eigenvalue weighted by molar-refractivity contribution is -0.385. The number of carboxylic acid groups (broad SMARTS) is 1. The molecule has 6 nitrogen and oxygen atoms in total. The van der Waals surface area contributed by atoms with Crippen LogP contribution in [0, 0.1) is 10.1 Å². The minimum absolute atomic E-state index is 0.143. The summed E-state index contributed by atoms with van der Waals surface area (Å²) >= 11 is 5.77. The van der Waals surface area contributed by atoms with Crippen molar-refractivity contribution in [2.24, 2.45) is 5.73 Å². The van der Waals surface area contributed by atoms with Gasteiger partial charge in [-0.1, -0.05) is 17.7 Å². The Hall–Kier alpha value is -1.66. The number of hydrogen-bond donors (Lipinski definition) is 2. The second kappa shape index (κ2) is 4.91. The Balaban J connectivity index is 3.11. The van der Waals surface area contributed by atoms with Crippen molar-refractivity contribution in [3.63, 3.8) is 0 Å². The van der Waals surface area contributed by atoms with E-state index in [0.717, 1.165) is 0 Å². The van der Waals surface area contributed by atoms with Crippen LogP contribution in [0.4, 0.5) is 5.69 Å². The molecular formula is C9H9ClN2O4. The van der Waals surface area contributed by atoms with Crippen molar-refractivity contribution in [2.75, 3.05) is 0 Å². The van der Waals surface area contributed by atoms with Gasteiger partial charge in [-0.15, -0.1) is 0 Å². The van der Waals surface area contributed by atoms with Gasteiger partial charge in [0.15, 0.2) is 0 Å². The van der Waals surface area contributed by atoms with E-state index in [1.807, 2.05) is 0 Å². The van der Waals surface area contributed by atoms with Crippen LogP contribution in [-0.4, -0.2) is 22.0 Å². The van der Waals surface area contributed by atoms with E-state index in [4.69, 9.17) is 22.4 Å². The van der Waals surface area contributed by atoms with E-state index >= 15 is 0 Å². The molecule has 0 radical (unpaired) electrons. The Morgan fingerprint density at radius 1 is 1.62 bits per heavy atom. The summed E-state index contributed by atoms with van der Waals surface area (Å²) in [5, 5.41) is 19.5. The Morgan fingerprint density at radius 3 is 2.75 bits per heavy atom. The SMILES string of the molecule is NC(Cc1c(Cl)cccc1[N+](=O)[O-])C(=O)O. The van der Waals surface area contributed by atoms with Crippen LogP contribution < -0.4 is 5.73 Å². The molecule has 1 rings (SSSR count). The van der Waals surface area contributed by atoms with Gasteiger partial charge in [0.2, 0.25) is 0 Å². The van der Waals surface area contributed by atoms with Crippen LogP contribution in [0.15, 0.2) is 18.2 Å². The van der Waals surface area contributed by atoms with Crippen LogP contribution >= 0.6 is 11.6 Å². The van der Waals surface area contributed by atoms with E-state index in [-0.39, 0.29) is 22.7 Å². The summed E-state index contributed by atoms with van der Waals surface area (Å²) in [6, 6.07) is 2.93. The van der Waals surface area contributed by atoms with Crippen molar-refractivity contribution in [3.8, 4) is 0 Å². The lowest BCUT2D eigenvalue weighted by Gasteiger charge is -2.08. The van der Waals surface area contributed by atoms with Gasteiger partial charge >= 0.3 is 5.97 Å². The van der Waals surface area contributed by atoms with Crippen molar-refractivity contribution in [1.82, 2.24) is 0 Å². The number of hydrogen-bond acceptors (Lipinski definition) is 4. The van der Waals surface area contributed by atoms with Crippen molar-refractivity contribution in [3.05, 3.63) is 38.9 Å². The Labute approximate surface area is 95.8 Å². The second-order valence-corrected chi connectivity index (χ2v) is 3.55. The van der Waals surface area contributed by atoms with Gasteiger partial charge in [0.25, 0.3) is 5.69 Å². The molecule has 0 spiro atoms. The van der Waals surface area contributed by atoms with E-state index in [1.54, 1.807) is 0 Å². The molecule has 1 atom stereocenters. The van der Waals surface area contributed by atoms with Gasteiger partial charge in [-0.3, -0.25) is 14.9 Å². The summed E-state index contributed by atoms with van der Waals surface area (Å²) in [7, 11) is 0. The molecule has 0 bridgehead atoms. The standard InChI is InChI=1S/C9H9ClN2O4/c10-6-2-1-3-8(12(15)16)5(6)4-7(11)9(13)14/h1-3,7H,4,11H2,(H,13,14). The maximum Gasteiger partial charge on any atom is 0.320 e. The molecule has 0 heterocycles. The van der Waals surface area contributed by atoms with Gasteiger partial charge in [0, 0.05) is 12.5 Å². The molecular weight excluding hydrogens is 236 g/mol. The lowest BCUT2D eigenvalue weighted by Crippen LogP contribution is -2.32. The molecule has 16 heavy (non-hydrogen) atoms. The first-order valence-corrected chi connectivity index (χ1v) is 4.71. The number of nitrogens with two attached hydrogens (primary N) is 1. The summed E-state index contributed by atoms with van der Waals surface area (Å²) in [6.45, 7) is 0. The van der Waals surface area contributed by atoms with Gasteiger partial charge in [-0.2, -0.15) is 0 Å². The molecule has 1 aromatic carbocycles. The molecule has 7 heteroatoms. The molecule has 3 N–H and O–H groups in total. The van der Waals surface area contributed by atoms with Crippen LogP contribution in [-0.2, 0) is 11.2 Å². The largest absolute Gasteiger partial charge is 0.480 e. The van der Waals surface area contributed by atoms with Crippen molar-refractivity contribution >= 4 is 23.3 Å². The van der Waals surface area contributed by atoms with E-state index < -0.39 is 16.9 Å². The van der Waals surface area contributed by atoms with Crippen LogP contribution in [0.3, 0.4) is 0 Å². The highest BCUT2D eigenvalue weighted by Crippen LogP contribution is 2.27. The first-order chi connectivity index (χ1) is 7.43. The third kappa shape index (κ3) is 2.68. The maximum atomic E-state index is 10.7. The smallest absolute Gasteiger partial charge is 0.320 e. The number of benzene rings is 1. The normalized spacial score (nSPS) is 12.1. The van der Waals surface area contributed by atoms with E-state index in [9.17, 15) is 14.9 Å². The predicted octanol–water partition coefficient (Wildman–Crippen LogP) is 1.20. The Kier molecular flexibility index (Phi) is 3.81. The van der Waals surface area contributed by atoms with Crippen LogP contribution in [0.1, 0.15) is 5.56 Å². The number of rotatable bonds is 4. The number of nitro groups is 1. The minimum atomic E-state index is -1.23. The molecule has 1 unspecified atom stereocenters. The van der Waals surface area contributed by atoms with Crippen molar-refractivity contribution in [2.45, 2.75) is 12.5 Å². The molecule has 0 saturated heterocycles. The molecule has 0 fully saturated rings. The number of carboxylic acids is 1. The predicted molar refractivity (Wildman–Crippen MR) is 57.4 cm³/mol. The molecule has 0 aliphatic heterocycles. The molecule has 1 aromatic rings. The molecule has 0 aromatic heterocycles. The van der Waals surface area contributed by atoms with Crippen LogP contribution in [0.25, 0.3) is 0 Å². The van der Waals surface area contributed by atoms with E-state index in [0.29, 0.717) is 0 Å². The molecule has 0 saturated carbocycles. The lowest BCUT2D eigenvalue weighted by atomic mass is 10.0. The molecule has 0 amide bonds. The summed E-state index contributed by atoms with van der Waals surface area (Å²) in [5.74, 6) is -1.23. The third-order valence-electron chi connectivity index (χ3n) is 2.03. The first-order valence-electron chi connectivity index (χ1n) is 4.33. The summed E-state index contributed by atoms with van der Waals surface area (Å²) in [4.78, 5) is 20.6. The van der Waals surface area contributed by atoms with Gasteiger partial charge < -0.3 is 10.8 Å². The van der Waals surface area contributed by atoms with Gasteiger partial charge in [-0.05, 0) is 6.07 Å². The van der Waals surface area contributed by atoms with Crippen molar-refractivity contribution in [1.29, 1.82) is 0 Å². The van der Waals surface area contributed by atoms with Gasteiger partial charge in [-0.25, -0.2) is 0 Å². The first kappa shape index (κ1) is 12.4. The van der Waals surface area contributed by atoms with Gasteiger partial charge in [0.05, 0.1) is 15.5 Å². The average Bonchev–Trinajstić information content (AvgIpc) is 2.20. The minimum Gasteiger partial charge on any atom is -0.480 e. The number of carbonyl (C=O) groups is 1. The quantitative estimate of drug-likeness (QED) is 0.611. The fourth-order valence-electron chi connectivity index (χ4n) is 1.23. The fraction of sp³-hybridized carbons (Fsp3) is 0.222. The number of aliphatic carboxylic acids is 1. The zero-order valence-electron chi connectivity index (χ0n) is 8.09. The average molecular weight is 245 g/mol. The monoisotopic (exact) mass is 244 g/mol.